The van der Waals surface area contributed by atoms with E-state index in [0.29, 0.717) is 17.1 Å². The molecular formula is C21H24N4OS. The number of hydrogen-bond acceptors (Lipinski definition) is 5. The van der Waals surface area contributed by atoms with Gasteiger partial charge in [0.15, 0.2) is 5.82 Å². The monoisotopic (exact) mass is 380 g/mol. The van der Waals surface area contributed by atoms with E-state index >= 15 is 0 Å². The maximum Gasteiger partial charge on any atom is 0.256 e. The average Bonchev–Trinajstić information content (AvgIpc) is 3.19. The summed E-state index contributed by atoms with van der Waals surface area (Å²) in [7, 11) is 4.17. The van der Waals surface area contributed by atoms with E-state index in [1.54, 1.807) is 6.20 Å². The van der Waals surface area contributed by atoms with Crippen molar-refractivity contribution in [3.63, 3.8) is 0 Å². The molecule has 140 valence electrons. The van der Waals surface area contributed by atoms with Crippen LogP contribution in [0, 0.1) is 0 Å². The molecule has 0 radical (unpaired) electrons. The first kappa shape index (κ1) is 19.1. The molecule has 5 nitrogen and oxygen atoms in total. The minimum absolute atomic E-state index is 0.133. The van der Waals surface area contributed by atoms with Crippen LogP contribution in [0.15, 0.2) is 59.4 Å². The summed E-state index contributed by atoms with van der Waals surface area (Å²) in [6.07, 6.45) is 3.78. The lowest BCUT2D eigenvalue weighted by molar-refractivity contribution is 0.102. The summed E-state index contributed by atoms with van der Waals surface area (Å²) in [5.41, 5.74) is 3.57. The van der Waals surface area contributed by atoms with Gasteiger partial charge in [-0.15, -0.1) is 0 Å². The number of carbonyl (C=O) groups excluding carboxylic acids is 1. The Labute approximate surface area is 164 Å². The molecule has 2 aromatic heterocycles. The molecule has 0 saturated heterocycles. The highest BCUT2D eigenvalue weighted by Crippen LogP contribution is 2.26. The van der Waals surface area contributed by atoms with Crippen LogP contribution >= 0.6 is 11.3 Å². The second kappa shape index (κ2) is 9.30. The second-order valence-corrected chi connectivity index (χ2v) is 7.33. The zero-order valence-electron chi connectivity index (χ0n) is 15.6. The Morgan fingerprint density at radius 3 is 2.70 bits per heavy atom. The third kappa shape index (κ3) is 5.39. The predicted molar refractivity (Wildman–Crippen MR) is 113 cm³/mol. The van der Waals surface area contributed by atoms with Gasteiger partial charge in [-0.25, -0.2) is 4.98 Å². The van der Waals surface area contributed by atoms with E-state index < -0.39 is 0 Å². The molecule has 3 aromatic rings. The number of thiophene rings is 1. The van der Waals surface area contributed by atoms with Gasteiger partial charge in [0, 0.05) is 17.3 Å². The maximum absolute atomic E-state index is 12.4. The van der Waals surface area contributed by atoms with Crippen LogP contribution in [0.5, 0.6) is 0 Å². The van der Waals surface area contributed by atoms with Gasteiger partial charge < -0.3 is 15.5 Å². The van der Waals surface area contributed by atoms with E-state index in [9.17, 15) is 4.79 Å². The number of amides is 1. The summed E-state index contributed by atoms with van der Waals surface area (Å²) >= 11 is 1.50. The highest BCUT2D eigenvalue weighted by molar-refractivity contribution is 7.08. The standard InChI is InChI=1S/C21H24N4OS/c1-25(2)13-6-8-16-7-3-4-9-18(16)23-20-19(10-5-12-22-20)24-21(26)17-11-14-27-15-17/h3-5,7,9-12,14-15H,6,8,13H2,1-2H3,(H,22,23)(H,24,26). The van der Waals surface area contributed by atoms with E-state index in [1.165, 1.54) is 16.9 Å². The Morgan fingerprint density at radius 2 is 1.93 bits per heavy atom. The second-order valence-electron chi connectivity index (χ2n) is 6.55. The fourth-order valence-corrected chi connectivity index (χ4v) is 3.40. The zero-order chi connectivity index (χ0) is 19.1. The number of nitrogens with one attached hydrogen (secondary N) is 2. The van der Waals surface area contributed by atoms with Crippen molar-refractivity contribution in [1.82, 2.24) is 9.88 Å². The van der Waals surface area contributed by atoms with Crippen molar-refractivity contribution in [2.75, 3.05) is 31.3 Å². The van der Waals surface area contributed by atoms with Gasteiger partial charge in [0.05, 0.1) is 11.3 Å². The fraction of sp³-hybridized carbons (Fsp3) is 0.238. The molecule has 1 amide bonds. The largest absolute Gasteiger partial charge is 0.338 e. The van der Waals surface area contributed by atoms with Gasteiger partial charge in [0.2, 0.25) is 0 Å². The average molecular weight is 381 g/mol. The smallest absolute Gasteiger partial charge is 0.256 e. The van der Waals surface area contributed by atoms with Crippen LogP contribution < -0.4 is 10.6 Å². The minimum atomic E-state index is -0.133. The van der Waals surface area contributed by atoms with Gasteiger partial charge in [-0.1, -0.05) is 18.2 Å². The van der Waals surface area contributed by atoms with E-state index in [1.807, 2.05) is 47.2 Å². The molecule has 3 rings (SSSR count). The number of benzene rings is 1. The SMILES string of the molecule is CN(C)CCCc1ccccc1Nc1ncccc1NC(=O)c1ccsc1. The number of pyridine rings is 1. The number of rotatable bonds is 8. The molecule has 0 aliphatic heterocycles. The van der Waals surface area contributed by atoms with Crippen LogP contribution in [0.1, 0.15) is 22.3 Å². The molecule has 0 fully saturated rings. The number of hydrogen-bond donors (Lipinski definition) is 2. The van der Waals surface area contributed by atoms with Crippen LogP contribution in [-0.2, 0) is 6.42 Å². The van der Waals surface area contributed by atoms with Crippen molar-refractivity contribution >= 4 is 34.4 Å². The van der Waals surface area contributed by atoms with Crippen LogP contribution in [0.3, 0.4) is 0 Å². The lowest BCUT2D eigenvalue weighted by atomic mass is 10.1. The molecule has 1 aromatic carbocycles. The van der Waals surface area contributed by atoms with Gasteiger partial charge in [0.1, 0.15) is 0 Å². The summed E-state index contributed by atoms with van der Waals surface area (Å²) in [5.74, 6) is 0.507. The van der Waals surface area contributed by atoms with Crippen molar-refractivity contribution in [2.45, 2.75) is 12.8 Å². The lowest BCUT2D eigenvalue weighted by Crippen LogP contribution is -2.14. The topological polar surface area (TPSA) is 57.3 Å². The molecule has 0 spiro atoms. The molecular weight excluding hydrogens is 356 g/mol. The van der Waals surface area contributed by atoms with Gasteiger partial charge in [-0.05, 0) is 68.7 Å². The Bertz CT molecular complexity index is 877. The summed E-state index contributed by atoms with van der Waals surface area (Å²) in [6, 6.07) is 13.7. The third-order valence-electron chi connectivity index (χ3n) is 4.16. The van der Waals surface area contributed by atoms with Gasteiger partial charge >= 0.3 is 0 Å². The van der Waals surface area contributed by atoms with Crippen LogP contribution in [-0.4, -0.2) is 36.4 Å². The number of nitrogens with zero attached hydrogens (tertiary/aromatic N) is 2. The fourth-order valence-electron chi connectivity index (χ4n) is 2.77. The van der Waals surface area contributed by atoms with Gasteiger partial charge in [0.25, 0.3) is 5.91 Å². The van der Waals surface area contributed by atoms with Crippen molar-refractivity contribution in [3.8, 4) is 0 Å². The molecule has 27 heavy (non-hydrogen) atoms. The van der Waals surface area contributed by atoms with E-state index in [0.717, 1.165) is 25.1 Å². The molecule has 2 N–H and O–H groups in total. The zero-order valence-corrected chi connectivity index (χ0v) is 16.4. The van der Waals surface area contributed by atoms with Gasteiger partial charge in [-0.2, -0.15) is 11.3 Å². The summed E-state index contributed by atoms with van der Waals surface area (Å²) in [6.45, 7) is 1.04. The first-order chi connectivity index (χ1) is 13.1. The number of aromatic nitrogens is 1. The Kier molecular flexibility index (Phi) is 6.57. The molecule has 2 heterocycles. The van der Waals surface area contributed by atoms with Crippen molar-refractivity contribution in [2.24, 2.45) is 0 Å². The number of aryl methyl sites for hydroxylation is 1. The van der Waals surface area contributed by atoms with Crippen LogP contribution in [0.25, 0.3) is 0 Å². The quantitative estimate of drug-likeness (QED) is 0.598. The maximum atomic E-state index is 12.4. The number of anilines is 3. The summed E-state index contributed by atoms with van der Waals surface area (Å²) < 4.78 is 0. The molecule has 0 bridgehead atoms. The molecule has 0 saturated carbocycles. The summed E-state index contributed by atoms with van der Waals surface area (Å²) in [4.78, 5) is 19.0. The lowest BCUT2D eigenvalue weighted by Gasteiger charge is -2.15. The highest BCUT2D eigenvalue weighted by atomic mass is 32.1. The van der Waals surface area contributed by atoms with E-state index in [4.69, 9.17) is 0 Å². The highest BCUT2D eigenvalue weighted by Gasteiger charge is 2.11. The van der Waals surface area contributed by atoms with Gasteiger partial charge in [-0.3, -0.25) is 4.79 Å². The predicted octanol–water partition coefficient (Wildman–Crippen LogP) is 4.63. The molecule has 6 heteroatoms. The van der Waals surface area contributed by atoms with Crippen LogP contribution in [0.2, 0.25) is 0 Å². The molecule has 0 aliphatic carbocycles. The van der Waals surface area contributed by atoms with Crippen molar-refractivity contribution < 1.29 is 4.79 Å². The summed E-state index contributed by atoms with van der Waals surface area (Å²) in [5, 5.41) is 10.1. The number of carbonyl (C=O) groups is 1. The molecule has 0 aliphatic rings. The Morgan fingerprint density at radius 1 is 1.11 bits per heavy atom. The number of para-hydroxylation sites is 1. The normalized spacial score (nSPS) is 10.8. The molecule has 0 unspecified atom stereocenters. The Hall–Kier alpha value is -2.70. The van der Waals surface area contributed by atoms with Crippen molar-refractivity contribution in [3.05, 3.63) is 70.5 Å². The Balaban J connectivity index is 1.75. The van der Waals surface area contributed by atoms with E-state index in [-0.39, 0.29) is 5.91 Å². The van der Waals surface area contributed by atoms with Crippen molar-refractivity contribution in [1.29, 1.82) is 0 Å². The first-order valence-corrected chi connectivity index (χ1v) is 9.86. The first-order valence-electron chi connectivity index (χ1n) is 8.91. The minimum Gasteiger partial charge on any atom is -0.338 e. The van der Waals surface area contributed by atoms with E-state index in [2.05, 4.69) is 40.7 Å². The third-order valence-corrected chi connectivity index (χ3v) is 4.84. The molecule has 0 atom stereocenters. The van der Waals surface area contributed by atoms with Crippen LogP contribution in [0.4, 0.5) is 17.2 Å².